The van der Waals surface area contributed by atoms with E-state index in [9.17, 15) is 18.0 Å². The van der Waals surface area contributed by atoms with E-state index in [-0.39, 0.29) is 28.5 Å². The van der Waals surface area contributed by atoms with Crippen LogP contribution in [0.4, 0.5) is 13.2 Å². The minimum Gasteiger partial charge on any atom is -0.487 e. The van der Waals surface area contributed by atoms with Gasteiger partial charge in [-0.15, -0.1) is 24.5 Å². The molecule has 4 rings (SSSR count). The van der Waals surface area contributed by atoms with Crippen LogP contribution in [0.3, 0.4) is 0 Å². The standard InChI is InChI=1S/C19H13F3N4O3S/c20-19(21,22)29-14-4-2-1-3-11(14)9-28-15-7-16(30-17(15)18(23)27)26-10-25-12-5-6-24-8-13(12)26/h1-8,10H,9H2,(H2,23,27). The highest BCUT2D eigenvalue weighted by atomic mass is 32.1. The van der Waals surface area contributed by atoms with Gasteiger partial charge in [0, 0.05) is 17.8 Å². The summed E-state index contributed by atoms with van der Waals surface area (Å²) in [6.07, 6.45) is -0.0328. The quantitative estimate of drug-likeness (QED) is 0.494. The largest absolute Gasteiger partial charge is 0.573 e. The molecule has 0 radical (unpaired) electrons. The van der Waals surface area contributed by atoms with Crippen molar-refractivity contribution in [3.63, 3.8) is 0 Å². The fourth-order valence-electron chi connectivity index (χ4n) is 2.79. The number of hydrogen-bond donors (Lipinski definition) is 1. The average Bonchev–Trinajstić information content (AvgIpc) is 3.30. The zero-order chi connectivity index (χ0) is 21.3. The minimum absolute atomic E-state index is 0.130. The number of fused-ring (bicyclic) bond motifs is 1. The van der Waals surface area contributed by atoms with Crippen molar-refractivity contribution in [3.05, 3.63) is 65.6 Å². The Labute approximate surface area is 171 Å². The number of pyridine rings is 1. The predicted octanol–water partition coefficient (Wildman–Crippen LogP) is 4.06. The Kier molecular flexibility index (Phi) is 5.04. The van der Waals surface area contributed by atoms with E-state index in [0.717, 1.165) is 11.3 Å². The smallest absolute Gasteiger partial charge is 0.487 e. The molecule has 1 amide bonds. The Bertz CT molecular complexity index is 1220. The van der Waals surface area contributed by atoms with Gasteiger partial charge in [0.25, 0.3) is 5.91 Å². The first kappa shape index (κ1) is 19.7. The number of carbonyl (C=O) groups excluding carboxylic acids is 1. The molecule has 4 aromatic rings. The topological polar surface area (TPSA) is 92.3 Å². The van der Waals surface area contributed by atoms with Crippen LogP contribution in [0.1, 0.15) is 15.2 Å². The number of amides is 1. The molecule has 3 aromatic heterocycles. The van der Waals surface area contributed by atoms with Crippen LogP contribution in [0.5, 0.6) is 11.5 Å². The maximum atomic E-state index is 12.6. The third-order valence-electron chi connectivity index (χ3n) is 4.08. The number of thiophene rings is 1. The predicted molar refractivity (Wildman–Crippen MR) is 103 cm³/mol. The van der Waals surface area contributed by atoms with Crippen molar-refractivity contribution in [3.8, 4) is 16.5 Å². The number of alkyl halides is 3. The second-order valence-electron chi connectivity index (χ2n) is 6.07. The lowest BCUT2D eigenvalue weighted by molar-refractivity contribution is -0.275. The molecule has 11 heteroatoms. The molecule has 0 aliphatic carbocycles. The molecule has 0 aliphatic heterocycles. The van der Waals surface area contributed by atoms with Crippen LogP contribution in [-0.2, 0) is 6.61 Å². The van der Waals surface area contributed by atoms with E-state index >= 15 is 0 Å². The molecule has 7 nitrogen and oxygen atoms in total. The molecule has 0 saturated heterocycles. The van der Waals surface area contributed by atoms with Crippen LogP contribution < -0.4 is 15.2 Å². The molecule has 0 atom stereocenters. The van der Waals surface area contributed by atoms with Gasteiger partial charge < -0.3 is 15.2 Å². The molecular weight excluding hydrogens is 421 g/mol. The molecule has 2 N–H and O–H groups in total. The summed E-state index contributed by atoms with van der Waals surface area (Å²) in [5.74, 6) is -0.952. The Morgan fingerprint density at radius 2 is 2.00 bits per heavy atom. The van der Waals surface area contributed by atoms with E-state index in [0.29, 0.717) is 16.0 Å². The number of primary amides is 1. The molecule has 1 aromatic carbocycles. The molecule has 0 saturated carbocycles. The average molecular weight is 434 g/mol. The third-order valence-corrected chi connectivity index (χ3v) is 5.21. The van der Waals surface area contributed by atoms with E-state index in [2.05, 4.69) is 14.7 Å². The summed E-state index contributed by atoms with van der Waals surface area (Å²) in [7, 11) is 0. The van der Waals surface area contributed by atoms with Gasteiger partial charge in [-0.25, -0.2) is 4.98 Å². The van der Waals surface area contributed by atoms with Crippen LogP contribution >= 0.6 is 11.3 Å². The number of halogens is 3. The number of rotatable bonds is 6. The van der Waals surface area contributed by atoms with E-state index in [4.69, 9.17) is 10.5 Å². The first-order valence-corrected chi connectivity index (χ1v) is 9.31. The van der Waals surface area contributed by atoms with Crippen LogP contribution in [0.15, 0.2) is 55.1 Å². The molecule has 0 fully saturated rings. The number of ether oxygens (including phenoxy) is 2. The normalized spacial score (nSPS) is 11.6. The van der Waals surface area contributed by atoms with Crippen molar-refractivity contribution < 1.29 is 27.4 Å². The minimum atomic E-state index is -4.83. The number of aromatic nitrogens is 3. The first-order chi connectivity index (χ1) is 14.3. The molecular formula is C19H13F3N4O3S. The number of hydrogen-bond acceptors (Lipinski definition) is 6. The first-order valence-electron chi connectivity index (χ1n) is 8.49. The van der Waals surface area contributed by atoms with E-state index in [1.54, 1.807) is 41.5 Å². The molecule has 3 heterocycles. The van der Waals surface area contributed by atoms with Gasteiger partial charge in [0.05, 0.1) is 17.2 Å². The Hall–Kier alpha value is -3.60. The highest BCUT2D eigenvalue weighted by Gasteiger charge is 2.32. The number of benzene rings is 1. The van der Waals surface area contributed by atoms with Gasteiger partial charge in [-0.05, 0) is 12.1 Å². The Morgan fingerprint density at radius 3 is 2.77 bits per heavy atom. The summed E-state index contributed by atoms with van der Waals surface area (Å²) in [6, 6.07) is 8.91. The maximum Gasteiger partial charge on any atom is 0.573 e. The van der Waals surface area contributed by atoms with Gasteiger partial charge in [0.1, 0.15) is 34.3 Å². The summed E-state index contributed by atoms with van der Waals surface area (Å²) in [6.45, 7) is -0.255. The zero-order valence-corrected chi connectivity index (χ0v) is 15.9. The van der Waals surface area contributed by atoms with Crippen molar-refractivity contribution in [1.29, 1.82) is 0 Å². The number of nitrogens with zero attached hydrogens (tertiary/aromatic N) is 3. The number of carbonyl (C=O) groups is 1. The second kappa shape index (κ2) is 7.67. The lowest BCUT2D eigenvalue weighted by Gasteiger charge is -2.13. The summed E-state index contributed by atoms with van der Waals surface area (Å²) < 4.78 is 49.2. The second-order valence-corrected chi connectivity index (χ2v) is 7.10. The van der Waals surface area contributed by atoms with Crippen LogP contribution in [-0.4, -0.2) is 26.8 Å². The summed E-state index contributed by atoms with van der Waals surface area (Å²) >= 11 is 1.07. The summed E-state index contributed by atoms with van der Waals surface area (Å²) in [4.78, 5) is 20.3. The van der Waals surface area contributed by atoms with Gasteiger partial charge in [0.15, 0.2) is 0 Å². The van der Waals surface area contributed by atoms with Gasteiger partial charge >= 0.3 is 6.36 Å². The Balaban J connectivity index is 1.64. The molecule has 0 bridgehead atoms. The van der Waals surface area contributed by atoms with Crippen molar-refractivity contribution in [1.82, 2.24) is 14.5 Å². The van der Waals surface area contributed by atoms with Gasteiger partial charge in [-0.1, -0.05) is 18.2 Å². The maximum absolute atomic E-state index is 12.6. The highest BCUT2D eigenvalue weighted by molar-refractivity contribution is 7.16. The highest BCUT2D eigenvalue weighted by Crippen LogP contribution is 2.35. The Morgan fingerprint density at radius 1 is 1.20 bits per heavy atom. The monoisotopic (exact) mass is 434 g/mol. The SMILES string of the molecule is NC(=O)c1sc(-n2cnc3ccncc32)cc1OCc1ccccc1OC(F)(F)F. The van der Waals surface area contributed by atoms with Crippen LogP contribution in [0.2, 0.25) is 0 Å². The van der Waals surface area contributed by atoms with Gasteiger partial charge in [0.2, 0.25) is 0 Å². The molecule has 0 aliphatic rings. The van der Waals surface area contributed by atoms with E-state index < -0.39 is 12.3 Å². The molecule has 0 unspecified atom stereocenters. The fourth-order valence-corrected chi connectivity index (χ4v) is 3.73. The fraction of sp³-hybridized carbons (Fsp3) is 0.105. The van der Waals surface area contributed by atoms with Crippen molar-refractivity contribution in [2.75, 3.05) is 0 Å². The van der Waals surface area contributed by atoms with Crippen LogP contribution in [0, 0.1) is 0 Å². The zero-order valence-electron chi connectivity index (χ0n) is 15.1. The van der Waals surface area contributed by atoms with E-state index in [1.807, 2.05) is 0 Å². The van der Waals surface area contributed by atoms with Crippen molar-refractivity contribution in [2.45, 2.75) is 13.0 Å². The van der Waals surface area contributed by atoms with Gasteiger partial charge in [-0.2, -0.15) is 0 Å². The molecule has 154 valence electrons. The lowest BCUT2D eigenvalue weighted by Crippen LogP contribution is -2.18. The van der Waals surface area contributed by atoms with Crippen LogP contribution in [0.25, 0.3) is 16.0 Å². The summed E-state index contributed by atoms with van der Waals surface area (Å²) in [5.41, 5.74) is 7.04. The number of imidazole rings is 1. The molecule has 0 spiro atoms. The number of nitrogens with two attached hydrogens (primary N) is 1. The number of para-hydroxylation sites is 1. The van der Waals surface area contributed by atoms with Crippen molar-refractivity contribution in [2.24, 2.45) is 5.73 Å². The van der Waals surface area contributed by atoms with E-state index in [1.165, 1.54) is 18.2 Å². The lowest BCUT2D eigenvalue weighted by atomic mass is 10.2. The van der Waals surface area contributed by atoms with Gasteiger partial charge in [-0.3, -0.25) is 14.3 Å². The third kappa shape index (κ3) is 4.06. The molecule has 30 heavy (non-hydrogen) atoms. The van der Waals surface area contributed by atoms with Crippen molar-refractivity contribution >= 4 is 28.3 Å². The summed E-state index contributed by atoms with van der Waals surface area (Å²) in [5, 5.41) is 0.592.